The Morgan fingerprint density at radius 3 is 2.28 bits per heavy atom. The molecule has 0 N–H and O–H groups in total. The van der Waals surface area contributed by atoms with Crippen molar-refractivity contribution in [3.63, 3.8) is 0 Å². The summed E-state index contributed by atoms with van der Waals surface area (Å²) >= 11 is 0. The summed E-state index contributed by atoms with van der Waals surface area (Å²) in [5, 5.41) is 0. The minimum absolute atomic E-state index is 0.159. The number of hydrogen-bond donors (Lipinski definition) is 0. The van der Waals surface area contributed by atoms with Gasteiger partial charge in [-0.3, -0.25) is 13.9 Å². The molecule has 0 aliphatic rings. The fourth-order valence-corrected chi connectivity index (χ4v) is 3.68. The average Bonchev–Trinajstić information content (AvgIpc) is 3.23. The van der Waals surface area contributed by atoms with E-state index in [9.17, 15) is 9.59 Å². The molecule has 0 bridgehead atoms. The quantitative estimate of drug-likeness (QED) is 0.406. The molecule has 2 aromatic carbocycles. The third-order valence-corrected chi connectivity index (χ3v) is 5.44. The Morgan fingerprint density at radius 2 is 1.59 bits per heavy atom. The first-order valence-electron chi connectivity index (χ1n) is 10.9. The second kappa shape index (κ2) is 9.68. The van der Waals surface area contributed by atoms with Crippen LogP contribution in [-0.4, -0.2) is 25.3 Å². The molecule has 0 amide bonds. The molecule has 32 heavy (non-hydrogen) atoms. The zero-order chi connectivity index (χ0) is 22.5. The maximum atomic E-state index is 13.4. The highest BCUT2D eigenvalue weighted by atomic mass is 16.5. The summed E-state index contributed by atoms with van der Waals surface area (Å²) in [6.45, 7) is 5.68. The highest BCUT2D eigenvalue weighted by Crippen LogP contribution is 2.12. The van der Waals surface area contributed by atoms with E-state index in [1.165, 1.54) is 4.57 Å². The monoisotopic (exact) mass is 432 g/mol. The fourth-order valence-electron chi connectivity index (χ4n) is 3.68. The Balaban J connectivity index is 1.74. The van der Waals surface area contributed by atoms with Gasteiger partial charge in [0.2, 0.25) is 0 Å². The summed E-state index contributed by atoms with van der Waals surface area (Å²) in [5.74, 6) is 1.19. The lowest BCUT2D eigenvalue weighted by Crippen LogP contribution is -2.42. The van der Waals surface area contributed by atoms with Crippen LogP contribution in [0.5, 0.6) is 5.75 Å². The number of benzene rings is 2. The summed E-state index contributed by atoms with van der Waals surface area (Å²) in [5.41, 5.74) is 1.15. The van der Waals surface area contributed by atoms with Crippen molar-refractivity contribution in [2.24, 2.45) is 5.92 Å². The molecule has 0 saturated heterocycles. The lowest BCUT2D eigenvalue weighted by atomic mass is 10.1. The van der Waals surface area contributed by atoms with Gasteiger partial charge in [0, 0.05) is 6.54 Å². The normalized spacial score (nSPS) is 11.3. The summed E-state index contributed by atoms with van der Waals surface area (Å²) in [7, 11) is 0. The van der Waals surface area contributed by atoms with E-state index in [2.05, 4.69) is 18.8 Å². The molecule has 0 aliphatic heterocycles. The Kier molecular flexibility index (Phi) is 6.54. The maximum Gasteiger partial charge on any atom is 0.333 e. The first-order chi connectivity index (χ1) is 15.5. The van der Waals surface area contributed by atoms with Crippen LogP contribution in [0.1, 0.15) is 25.8 Å². The van der Waals surface area contributed by atoms with Gasteiger partial charge >= 0.3 is 5.69 Å². The Labute approximate surface area is 186 Å². The van der Waals surface area contributed by atoms with Crippen LogP contribution in [0.15, 0.2) is 76.6 Å². The van der Waals surface area contributed by atoms with Gasteiger partial charge in [0.25, 0.3) is 5.56 Å². The van der Waals surface area contributed by atoms with Gasteiger partial charge in [0.15, 0.2) is 11.2 Å². The van der Waals surface area contributed by atoms with Crippen LogP contribution < -0.4 is 16.0 Å². The van der Waals surface area contributed by atoms with E-state index in [-0.39, 0.29) is 24.4 Å². The number of aromatic nitrogens is 4. The molecule has 166 valence electrons. The van der Waals surface area contributed by atoms with Crippen molar-refractivity contribution in [1.29, 1.82) is 0 Å². The van der Waals surface area contributed by atoms with Crippen molar-refractivity contribution < 1.29 is 4.74 Å². The van der Waals surface area contributed by atoms with Crippen molar-refractivity contribution >= 4 is 11.2 Å². The van der Waals surface area contributed by atoms with Crippen molar-refractivity contribution in [2.75, 3.05) is 6.61 Å². The average molecular weight is 433 g/mol. The molecule has 7 nitrogen and oxygen atoms in total. The van der Waals surface area contributed by atoms with Gasteiger partial charge in [-0.15, -0.1) is 0 Å². The molecule has 4 aromatic rings. The number of para-hydroxylation sites is 1. The van der Waals surface area contributed by atoms with Crippen LogP contribution in [-0.2, 0) is 19.6 Å². The van der Waals surface area contributed by atoms with Gasteiger partial charge in [0.1, 0.15) is 12.4 Å². The lowest BCUT2D eigenvalue weighted by Gasteiger charge is -2.14. The summed E-state index contributed by atoms with van der Waals surface area (Å²) in [6.07, 6.45) is 2.58. The first kappa shape index (κ1) is 21.6. The fraction of sp³-hybridized carbons (Fsp3) is 0.320. The predicted octanol–water partition coefficient (Wildman–Crippen LogP) is 3.53. The van der Waals surface area contributed by atoms with Gasteiger partial charge in [0.05, 0.1) is 19.4 Å². The Hall–Kier alpha value is -3.61. The van der Waals surface area contributed by atoms with Crippen molar-refractivity contribution in [3.05, 3.63) is 93.4 Å². The van der Waals surface area contributed by atoms with Crippen LogP contribution in [0.4, 0.5) is 0 Å². The van der Waals surface area contributed by atoms with E-state index in [4.69, 9.17) is 4.74 Å². The predicted molar refractivity (Wildman–Crippen MR) is 125 cm³/mol. The molecule has 0 saturated carbocycles. The van der Waals surface area contributed by atoms with Crippen molar-refractivity contribution in [1.82, 2.24) is 18.7 Å². The van der Waals surface area contributed by atoms with E-state index in [1.54, 1.807) is 10.9 Å². The maximum absolute atomic E-state index is 13.4. The molecule has 2 heterocycles. The van der Waals surface area contributed by atoms with Crippen LogP contribution in [0.2, 0.25) is 0 Å². The lowest BCUT2D eigenvalue weighted by molar-refractivity contribution is 0.292. The van der Waals surface area contributed by atoms with E-state index in [1.807, 2.05) is 65.2 Å². The molecule has 0 atom stereocenters. The highest BCUT2D eigenvalue weighted by molar-refractivity contribution is 5.70. The first-order valence-corrected chi connectivity index (χ1v) is 10.9. The van der Waals surface area contributed by atoms with E-state index >= 15 is 0 Å². The van der Waals surface area contributed by atoms with Crippen LogP contribution in [0.25, 0.3) is 11.2 Å². The molecular weight excluding hydrogens is 404 g/mol. The largest absolute Gasteiger partial charge is 0.492 e. The highest BCUT2D eigenvalue weighted by Gasteiger charge is 2.18. The summed E-state index contributed by atoms with van der Waals surface area (Å²) in [6, 6.07) is 19.1. The topological polar surface area (TPSA) is 71.1 Å². The standard InChI is InChI=1S/C25H28N4O3/c1-19(2)13-14-27-18-26-23-22(27)24(30)28(15-16-32-21-11-7-4-8-12-21)25(31)29(23)17-20-9-5-3-6-10-20/h3-12,18-19H,13-17H2,1-2H3. The number of ether oxygens (including phenoxy) is 1. The zero-order valence-electron chi connectivity index (χ0n) is 18.5. The molecule has 0 aliphatic carbocycles. The number of fused-ring (bicyclic) bond motifs is 1. The van der Waals surface area contributed by atoms with Gasteiger partial charge < -0.3 is 9.30 Å². The summed E-state index contributed by atoms with van der Waals surface area (Å²) in [4.78, 5) is 31.2. The number of nitrogens with zero attached hydrogens (tertiary/aromatic N) is 4. The minimum atomic E-state index is -0.378. The van der Waals surface area contributed by atoms with Crippen LogP contribution in [0, 0.1) is 5.92 Å². The van der Waals surface area contributed by atoms with Gasteiger partial charge in [-0.05, 0) is 30.0 Å². The van der Waals surface area contributed by atoms with E-state index in [0.29, 0.717) is 35.9 Å². The third kappa shape index (κ3) is 4.66. The molecule has 0 radical (unpaired) electrons. The van der Waals surface area contributed by atoms with E-state index in [0.717, 1.165) is 12.0 Å². The SMILES string of the molecule is CC(C)CCn1cnc2c1c(=O)n(CCOc1ccccc1)c(=O)n2Cc1ccccc1. The molecule has 4 rings (SSSR count). The second-order valence-corrected chi connectivity index (χ2v) is 8.27. The zero-order valence-corrected chi connectivity index (χ0v) is 18.5. The number of aryl methyl sites for hydroxylation is 1. The smallest absolute Gasteiger partial charge is 0.333 e. The molecule has 0 spiro atoms. The molecule has 2 aromatic heterocycles. The molecule has 0 fully saturated rings. The van der Waals surface area contributed by atoms with Crippen LogP contribution in [0.3, 0.4) is 0 Å². The second-order valence-electron chi connectivity index (χ2n) is 8.27. The van der Waals surface area contributed by atoms with Crippen molar-refractivity contribution in [3.8, 4) is 5.75 Å². The molecule has 7 heteroatoms. The number of rotatable bonds is 9. The summed E-state index contributed by atoms with van der Waals surface area (Å²) < 4.78 is 10.5. The van der Waals surface area contributed by atoms with Crippen LogP contribution >= 0.6 is 0 Å². The Bertz CT molecular complexity index is 1290. The molecule has 0 unspecified atom stereocenters. The van der Waals surface area contributed by atoms with Gasteiger partial charge in [-0.25, -0.2) is 9.78 Å². The third-order valence-electron chi connectivity index (χ3n) is 5.44. The number of imidazole rings is 1. The van der Waals surface area contributed by atoms with Gasteiger partial charge in [-0.2, -0.15) is 0 Å². The number of hydrogen-bond acceptors (Lipinski definition) is 4. The molecular formula is C25H28N4O3. The van der Waals surface area contributed by atoms with E-state index < -0.39 is 0 Å². The Morgan fingerprint density at radius 1 is 0.906 bits per heavy atom. The van der Waals surface area contributed by atoms with Gasteiger partial charge in [-0.1, -0.05) is 62.4 Å². The van der Waals surface area contributed by atoms with Crippen molar-refractivity contribution in [2.45, 2.75) is 39.9 Å². The minimum Gasteiger partial charge on any atom is -0.492 e.